The van der Waals surface area contributed by atoms with Crippen molar-refractivity contribution in [3.8, 4) is 0 Å². The number of benzene rings is 1. The van der Waals surface area contributed by atoms with Crippen LogP contribution in [0.1, 0.15) is 24.0 Å². The quantitative estimate of drug-likeness (QED) is 0.793. The minimum absolute atomic E-state index is 0.533. The van der Waals surface area contributed by atoms with E-state index in [0.29, 0.717) is 6.04 Å². The van der Waals surface area contributed by atoms with Gasteiger partial charge in [-0.15, -0.1) is 0 Å². The standard InChI is InChI=1S/C14H21NO/c1-11-4-3-5-12(8-11)9-15-14(10-16-2)13-6-7-13/h3-5,8,13-15H,6-7,9-10H2,1-2H3. The molecule has 1 unspecified atom stereocenters. The van der Waals surface area contributed by atoms with Gasteiger partial charge < -0.3 is 10.1 Å². The second kappa shape index (κ2) is 5.46. The van der Waals surface area contributed by atoms with Crippen LogP contribution in [-0.2, 0) is 11.3 Å². The molecule has 16 heavy (non-hydrogen) atoms. The Hall–Kier alpha value is -0.860. The summed E-state index contributed by atoms with van der Waals surface area (Å²) in [4.78, 5) is 0. The van der Waals surface area contributed by atoms with Crippen LogP contribution >= 0.6 is 0 Å². The zero-order chi connectivity index (χ0) is 11.4. The Balaban J connectivity index is 1.85. The predicted octanol–water partition coefficient (Wildman–Crippen LogP) is 2.51. The van der Waals surface area contributed by atoms with Gasteiger partial charge in [0.1, 0.15) is 0 Å². The smallest absolute Gasteiger partial charge is 0.0618 e. The van der Waals surface area contributed by atoms with Crippen LogP contribution in [0.2, 0.25) is 0 Å². The number of aryl methyl sites for hydroxylation is 1. The molecule has 1 aliphatic rings. The van der Waals surface area contributed by atoms with Crippen molar-refractivity contribution < 1.29 is 4.74 Å². The number of hydrogen-bond acceptors (Lipinski definition) is 2. The Bertz CT molecular complexity index is 333. The lowest BCUT2D eigenvalue weighted by molar-refractivity contribution is 0.157. The Morgan fingerprint density at radius 2 is 2.25 bits per heavy atom. The highest BCUT2D eigenvalue weighted by Crippen LogP contribution is 2.32. The van der Waals surface area contributed by atoms with Crippen LogP contribution in [0.15, 0.2) is 24.3 Å². The van der Waals surface area contributed by atoms with Crippen LogP contribution in [0.4, 0.5) is 0 Å². The van der Waals surface area contributed by atoms with Gasteiger partial charge in [-0.3, -0.25) is 0 Å². The molecular formula is C14H21NO. The van der Waals surface area contributed by atoms with Gasteiger partial charge in [0.15, 0.2) is 0 Å². The van der Waals surface area contributed by atoms with Crippen LogP contribution in [0.5, 0.6) is 0 Å². The summed E-state index contributed by atoms with van der Waals surface area (Å²) in [5, 5.41) is 3.60. The molecule has 0 aromatic heterocycles. The first-order valence-corrected chi connectivity index (χ1v) is 6.07. The van der Waals surface area contributed by atoms with E-state index in [2.05, 4.69) is 36.5 Å². The molecule has 1 saturated carbocycles. The summed E-state index contributed by atoms with van der Waals surface area (Å²) in [5.41, 5.74) is 2.69. The first kappa shape index (κ1) is 11.6. The Kier molecular flexibility index (Phi) is 3.97. The van der Waals surface area contributed by atoms with Crippen molar-refractivity contribution in [2.24, 2.45) is 5.92 Å². The van der Waals surface area contributed by atoms with E-state index in [1.54, 1.807) is 7.11 Å². The third-order valence-electron chi connectivity index (χ3n) is 3.19. The minimum atomic E-state index is 0.533. The number of ether oxygens (including phenoxy) is 1. The largest absolute Gasteiger partial charge is 0.383 e. The molecule has 0 spiro atoms. The SMILES string of the molecule is COCC(NCc1cccc(C)c1)C1CC1. The maximum absolute atomic E-state index is 5.25. The Morgan fingerprint density at radius 3 is 2.88 bits per heavy atom. The van der Waals surface area contributed by atoms with E-state index in [4.69, 9.17) is 4.74 Å². The van der Waals surface area contributed by atoms with E-state index < -0.39 is 0 Å². The number of nitrogens with one attached hydrogen (secondary N) is 1. The fraction of sp³-hybridized carbons (Fsp3) is 0.571. The van der Waals surface area contributed by atoms with Crippen LogP contribution in [0.25, 0.3) is 0 Å². The average molecular weight is 219 g/mol. The molecule has 0 saturated heterocycles. The summed E-state index contributed by atoms with van der Waals surface area (Å²) < 4.78 is 5.25. The molecule has 1 aromatic carbocycles. The van der Waals surface area contributed by atoms with Crippen molar-refractivity contribution in [3.63, 3.8) is 0 Å². The van der Waals surface area contributed by atoms with Crippen LogP contribution in [0.3, 0.4) is 0 Å². The van der Waals surface area contributed by atoms with Crippen LogP contribution in [-0.4, -0.2) is 19.8 Å². The molecule has 1 fully saturated rings. The van der Waals surface area contributed by atoms with Crippen LogP contribution in [0, 0.1) is 12.8 Å². The van der Waals surface area contributed by atoms with Crippen molar-refractivity contribution in [1.29, 1.82) is 0 Å². The predicted molar refractivity (Wildman–Crippen MR) is 66.4 cm³/mol. The normalized spacial score (nSPS) is 17.4. The molecule has 0 bridgehead atoms. The molecule has 1 N–H and O–H groups in total. The van der Waals surface area contributed by atoms with E-state index in [1.807, 2.05) is 0 Å². The van der Waals surface area contributed by atoms with Gasteiger partial charge in [0.05, 0.1) is 6.61 Å². The topological polar surface area (TPSA) is 21.3 Å². The minimum Gasteiger partial charge on any atom is -0.383 e. The average Bonchev–Trinajstić information content (AvgIpc) is 3.08. The van der Waals surface area contributed by atoms with E-state index in [9.17, 15) is 0 Å². The zero-order valence-corrected chi connectivity index (χ0v) is 10.2. The highest BCUT2D eigenvalue weighted by Gasteiger charge is 2.30. The second-order valence-electron chi connectivity index (χ2n) is 4.77. The molecule has 0 aliphatic heterocycles. The van der Waals surface area contributed by atoms with E-state index in [0.717, 1.165) is 19.1 Å². The summed E-state index contributed by atoms with van der Waals surface area (Å²) in [6, 6.07) is 9.21. The highest BCUT2D eigenvalue weighted by atomic mass is 16.5. The summed E-state index contributed by atoms with van der Waals surface area (Å²) >= 11 is 0. The fourth-order valence-corrected chi connectivity index (χ4v) is 2.11. The van der Waals surface area contributed by atoms with Crippen molar-refractivity contribution >= 4 is 0 Å². The van der Waals surface area contributed by atoms with Gasteiger partial charge >= 0.3 is 0 Å². The highest BCUT2D eigenvalue weighted by molar-refractivity contribution is 5.22. The zero-order valence-electron chi connectivity index (χ0n) is 10.2. The second-order valence-corrected chi connectivity index (χ2v) is 4.77. The van der Waals surface area contributed by atoms with Gasteiger partial charge in [0.2, 0.25) is 0 Å². The molecule has 2 nitrogen and oxygen atoms in total. The molecule has 1 aromatic rings. The molecule has 0 amide bonds. The van der Waals surface area contributed by atoms with Crippen LogP contribution < -0.4 is 5.32 Å². The number of hydrogen-bond donors (Lipinski definition) is 1. The van der Waals surface area contributed by atoms with Crippen molar-refractivity contribution in [2.45, 2.75) is 32.4 Å². The first-order valence-electron chi connectivity index (χ1n) is 6.07. The van der Waals surface area contributed by atoms with Gasteiger partial charge in [0, 0.05) is 19.7 Å². The summed E-state index contributed by atoms with van der Waals surface area (Å²) in [6.07, 6.45) is 2.71. The molecule has 0 heterocycles. The third-order valence-corrected chi connectivity index (χ3v) is 3.19. The fourth-order valence-electron chi connectivity index (χ4n) is 2.11. The molecule has 2 heteroatoms. The van der Waals surface area contributed by atoms with Gasteiger partial charge in [-0.1, -0.05) is 29.8 Å². The molecule has 2 rings (SSSR count). The maximum atomic E-state index is 5.25. The van der Waals surface area contributed by atoms with Crippen molar-refractivity contribution in [2.75, 3.05) is 13.7 Å². The monoisotopic (exact) mass is 219 g/mol. The lowest BCUT2D eigenvalue weighted by Crippen LogP contribution is -2.34. The van der Waals surface area contributed by atoms with E-state index in [1.165, 1.54) is 24.0 Å². The van der Waals surface area contributed by atoms with E-state index >= 15 is 0 Å². The number of rotatable bonds is 6. The summed E-state index contributed by atoms with van der Waals surface area (Å²) in [5.74, 6) is 0.838. The van der Waals surface area contributed by atoms with Crippen molar-refractivity contribution in [3.05, 3.63) is 35.4 Å². The van der Waals surface area contributed by atoms with E-state index in [-0.39, 0.29) is 0 Å². The molecule has 0 radical (unpaired) electrons. The number of methoxy groups -OCH3 is 1. The Labute approximate surface area is 98.0 Å². The summed E-state index contributed by atoms with van der Waals surface area (Å²) in [6.45, 7) is 3.92. The summed E-state index contributed by atoms with van der Waals surface area (Å²) in [7, 11) is 1.78. The third kappa shape index (κ3) is 3.32. The maximum Gasteiger partial charge on any atom is 0.0618 e. The lowest BCUT2D eigenvalue weighted by atomic mass is 10.1. The molecular weight excluding hydrogens is 198 g/mol. The van der Waals surface area contributed by atoms with Gasteiger partial charge in [-0.05, 0) is 31.2 Å². The van der Waals surface area contributed by atoms with Gasteiger partial charge in [0.25, 0.3) is 0 Å². The molecule has 1 atom stereocenters. The molecule has 1 aliphatic carbocycles. The molecule has 88 valence electrons. The van der Waals surface area contributed by atoms with Crippen molar-refractivity contribution in [1.82, 2.24) is 5.32 Å². The Morgan fingerprint density at radius 1 is 1.44 bits per heavy atom. The van der Waals surface area contributed by atoms with Gasteiger partial charge in [-0.25, -0.2) is 0 Å². The first-order chi connectivity index (χ1) is 7.79. The lowest BCUT2D eigenvalue weighted by Gasteiger charge is -2.17. The van der Waals surface area contributed by atoms with Gasteiger partial charge in [-0.2, -0.15) is 0 Å².